The molecule has 2 heterocycles. The minimum atomic E-state index is 0.620. The van der Waals surface area contributed by atoms with Gasteiger partial charge in [-0.1, -0.05) is 12.1 Å². The van der Waals surface area contributed by atoms with Gasteiger partial charge < -0.3 is 9.47 Å². The van der Waals surface area contributed by atoms with Gasteiger partial charge in [-0.05, 0) is 42.2 Å². The predicted molar refractivity (Wildman–Crippen MR) is 108 cm³/mol. The van der Waals surface area contributed by atoms with Crippen molar-refractivity contribution in [2.24, 2.45) is 0 Å². The molecule has 0 aliphatic heterocycles. The summed E-state index contributed by atoms with van der Waals surface area (Å²) in [6.45, 7) is 4.17. The molecule has 4 rings (SSSR count). The van der Waals surface area contributed by atoms with Crippen molar-refractivity contribution in [2.75, 3.05) is 14.2 Å². The average Bonchev–Trinajstić information content (AvgIpc) is 3.44. The molecule has 8 nitrogen and oxygen atoms in total. The number of hydrogen-bond acceptors (Lipinski definition) is 6. The zero-order valence-corrected chi connectivity index (χ0v) is 16.8. The molecule has 29 heavy (non-hydrogen) atoms. The van der Waals surface area contributed by atoms with Gasteiger partial charge in [-0.15, -0.1) is 0 Å². The standard InChI is InChI=1S/C21H22N6O2/c1-14-5-6-16(21(15(14)2)27-24-9-10-25-27)11-17-12-19(28-3)20(29-4)13-18(17)26-22-7-8-23-26/h5-10,12-13H,11H2,1-4H3. The van der Waals surface area contributed by atoms with Gasteiger partial charge >= 0.3 is 0 Å². The molecule has 2 aromatic carbocycles. The van der Waals surface area contributed by atoms with E-state index < -0.39 is 0 Å². The van der Waals surface area contributed by atoms with Crippen molar-refractivity contribution in [3.8, 4) is 22.9 Å². The van der Waals surface area contributed by atoms with E-state index >= 15 is 0 Å². The van der Waals surface area contributed by atoms with E-state index in [9.17, 15) is 0 Å². The monoisotopic (exact) mass is 390 g/mol. The van der Waals surface area contributed by atoms with E-state index in [0.717, 1.165) is 28.1 Å². The van der Waals surface area contributed by atoms with E-state index in [-0.39, 0.29) is 0 Å². The highest BCUT2D eigenvalue weighted by molar-refractivity contribution is 5.58. The first-order valence-electron chi connectivity index (χ1n) is 9.19. The fraction of sp³-hybridized carbons (Fsp3) is 0.238. The second-order valence-electron chi connectivity index (χ2n) is 6.66. The van der Waals surface area contributed by atoms with Crippen LogP contribution in [0.25, 0.3) is 11.4 Å². The van der Waals surface area contributed by atoms with Crippen molar-refractivity contribution >= 4 is 0 Å². The van der Waals surface area contributed by atoms with E-state index in [1.807, 2.05) is 12.1 Å². The first kappa shape index (κ1) is 18.7. The van der Waals surface area contributed by atoms with Crippen molar-refractivity contribution in [3.63, 3.8) is 0 Å². The molecule has 0 aliphatic carbocycles. The van der Waals surface area contributed by atoms with Crippen LogP contribution in [0.15, 0.2) is 49.1 Å². The summed E-state index contributed by atoms with van der Waals surface area (Å²) in [7, 11) is 3.24. The van der Waals surface area contributed by atoms with Crippen LogP contribution in [-0.2, 0) is 6.42 Å². The third-order valence-corrected chi connectivity index (χ3v) is 5.00. The van der Waals surface area contributed by atoms with Gasteiger partial charge in [0.2, 0.25) is 0 Å². The molecule has 0 atom stereocenters. The molecular formula is C21H22N6O2. The highest BCUT2D eigenvalue weighted by Crippen LogP contribution is 2.34. The molecule has 4 aromatic rings. The first-order chi connectivity index (χ1) is 14.1. The second kappa shape index (κ2) is 7.75. The zero-order chi connectivity index (χ0) is 20.4. The molecule has 0 aliphatic rings. The maximum absolute atomic E-state index is 5.53. The molecule has 0 unspecified atom stereocenters. The summed E-state index contributed by atoms with van der Waals surface area (Å²) in [6.07, 6.45) is 7.28. The fourth-order valence-corrected chi connectivity index (χ4v) is 3.39. The van der Waals surface area contributed by atoms with Crippen LogP contribution in [-0.4, -0.2) is 44.2 Å². The molecule has 2 aromatic heterocycles. The lowest BCUT2D eigenvalue weighted by Crippen LogP contribution is -2.10. The Bertz CT molecular complexity index is 1120. The maximum Gasteiger partial charge on any atom is 0.162 e. The molecule has 0 saturated heterocycles. The lowest BCUT2D eigenvalue weighted by Gasteiger charge is -2.17. The summed E-state index contributed by atoms with van der Waals surface area (Å²) in [5.74, 6) is 1.28. The normalized spacial score (nSPS) is 10.9. The predicted octanol–water partition coefficient (Wildman–Crippen LogP) is 3.07. The van der Waals surface area contributed by atoms with Crippen LogP contribution >= 0.6 is 0 Å². The Morgan fingerprint density at radius 1 is 0.759 bits per heavy atom. The minimum Gasteiger partial charge on any atom is -0.493 e. The van der Waals surface area contributed by atoms with Crippen LogP contribution in [0.2, 0.25) is 0 Å². The molecule has 0 fully saturated rings. The van der Waals surface area contributed by atoms with Gasteiger partial charge in [-0.3, -0.25) is 0 Å². The first-order valence-corrected chi connectivity index (χ1v) is 9.19. The highest BCUT2D eigenvalue weighted by Gasteiger charge is 2.18. The molecule has 0 amide bonds. The average molecular weight is 390 g/mol. The Morgan fingerprint density at radius 2 is 1.34 bits per heavy atom. The van der Waals surface area contributed by atoms with Gasteiger partial charge in [0.1, 0.15) is 0 Å². The Morgan fingerprint density at radius 3 is 1.97 bits per heavy atom. The van der Waals surface area contributed by atoms with Crippen LogP contribution in [0, 0.1) is 13.8 Å². The number of aryl methyl sites for hydroxylation is 1. The molecule has 0 spiro atoms. The molecule has 0 bridgehead atoms. The Hall–Kier alpha value is -3.68. The number of aromatic nitrogens is 6. The molecule has 8 heteroatoms. The summed E-state index contributed by atoms with van der Waals surface area (Å²) in [4.78, 5) is 3.26. The fourth-order valence-electron chi connectivity index (χ4n) is 3.39. The molecule has 0 radical (unpaired) electrons. The van der Waals surface area contributed by atoms with Crippen LogP contribution < -0.4 is 9.47 Å². The van der Waals surface area contributed by atoms with Crippen molar-refractivity contribution in [1.82, 2.24) is 30.0 Å². The Kier molecular flexibility index (Phi) is 4.99. The third-order valence-electron chi connectivity index (χ3n) is 5.00. The quantitative estimate of drug-likeness (QED) is 0.503. The number of hydrogen-bond donors (Lipinski definition) is 0. The molecular weight excluding hydrogens is 368 g/mol. The molecule has 0 N–H and O–H groups in total. The summed E-state index contributed by atoms with van der Waals surface area (Å²) in [6, 6.07) is 8.08. The van der Waals surface area contributed by atoms with Crippen LogP contribution in [0.4, 0.5) is 0 Å². The number of benzene rings is 2. The third kappa shape index (κ3) is 3.44. The SMILES string of the molecule is COc1cc(Cc2ccc(C)c(C)c2-n2nccn2)c(-n2nccn2)cc1OC. The molecule has 0 saturated carbocycles. The summed E-state index contributed by atoms with van der Waals surface area (Å²) < 4.78 is 11.0. The smallest absolute Gasteiger partial charge is 0.162 e. The minimum absolute atomic E-state index is 0.620. The number of nitrogens with zero attached hydrogens (tertiary/aromatic N) is 6. The van der Waals surface area contributed by atoms with Crippen LogP contribution in [0.5, 0.6) is 11.5 Å². The number of ether oxygens (including phenoxy) is 2. The van der Waals surface area contributed by atoms with Gasteiger partial charge in [0.05, 0.1) is 50.4 Å². The number of rotatable bonds is 6. The van der Waals surface area contributed by atoms with Gasteiger partial charge in [-0.2, -0.15) is 30.0 Å². The van der Waals surface area contributed by atoms with Crippen molar-refractivity contribution < 1.29 is 9.47 Å². The van der Waals surface area contributed by atoms with Gasteiger partial charge in [-0.25, -0.2) is 0 Å². The Labute approximate surface area is 168 Å². The summed E-state index contributed by atoms with van der Waals surface area (Å²) in [5.41, 5.74) is 6.20. The van der Waals surface area contributed by atoms with E-state index in [1.54, 1.807) is 48.6 Å². The van der Waals surface area contributed by atoms with Crippen molar-refractivity contribution in [3.05, 3.63) is 71.3 Å². The van der Waals surface area contributed by atoms with Gasteiger partial charge in [0.25, 0.3) is 0 Å². The van der Waals surface area contributed by atoms with E-state index in [4.69, 9.17) is 9.47 Å². The lowest BCUT2D eigenvalue weighted by atomic mass is 9.96. The van der Waals surface area contributed by atoms with Crippen molar-refractivity contribution in [1.29, 1.82) is 0 Å². The van der Waals surface area contributed by atoms with Crippen LogP contribution in [0.3, 0.4) is 0 Å². The zero-order valence-electron chi connectivity index (χ0n) is 16.8. The second-order valence-corrected chi connectivity index (χ2v) is 6.66. The van der Waals surface area contributed by atoms with E-state index in [2.05, 4.69) is 46.4 Å². The van der Waals surface area contributed by atoms with Crippen molar-refractivity contribution in [2.45, 2.75) is 20.3 Å². The van der Waals surface area contributed by atoms with Crippen LogP contribution in [0.1, 0.15) is 22.3 Å². The molecule has 148 valence electrons. The summed E-state index contributed by atoms with van der Waals surface area (Å²) in [5, 5.41) is 17.3. The van der Waals surface area contributed by atoms with E-state index in [1.165, 1.54) is 5.56 Å². The highest BCUT2D eigenvalue weighted by atomic mass is 16.5. The summed E-state index contributed by atoms with van der Waals surface area (Å²) >= 11 is 0. The van der Waals surface area contributed by atoms with Gasteiger partial charge in [0, 0.05) is 12.5 Å². The Balaban J connectivity index is 1.88. The topological polar surface area (TPSA) is 79.9 Å². The largest absolute Gasteiger partial charge is 0.493 e. The maximum atomic E-state index is 5.53. The lowest BCUT2D eigenvalue weighted by molar-refractivity contribution is 0.354. The van der Waals surface area contributed by atoms with Gasteiger partial charge in [0.15, 0.2) is 11.5 Å². The van der Waals surface area contributed by atoms with E-state index in [0.29, 0.717) is 17.9 Å². The number of methoxy groups -OCH3 is 2.